The zero-order valence-electron chi connectivity index (χ0n) is 15.2. The molecule has 1 N–H and O–H groups in total. The van der Waals surface area contributed by atoms with Gasteiger partial charge in [-0.05, 0) is 36.1 Å². The van der Waals surface area contributed by atoms with Crippen molar-refractivity contribution < 1.29 is 9.59 Å². The van der Waals surface area contributed by atoms with Gasteiger partial charge in [-0.1, -0.05) is 42.1 Å². The van der Waals surface area contributed by atoms with E-state index in [2.05, 4.69) is 27.5 Å². The van der Waals surface area contributed by atoms with Crippen LogP contribution in [0.2, 0.25) is 0 Å². The van der Waals surface area contributed by atoms with Crippen LogP contribution in [-0.4, -0.2) is 38.1 Å². The molecule has 0 aliphatic carbocycles. The van der Waals surface area contributed by atoms with E-state index in [0.717, 1.165) is 5.56 Å². The fourth-order valence-corrected chi connectivity index (χ4v) is 4.39. The van der Waals surface area contributed by atoms with E-state index in [1.54, 1.807) is 11.8 Å². The number of thioether (sulfide) groups is 2. The molecule has 2 heterocycles. The molecular weight excluding hydrogens is 392 g/mol. The number of anilines is 1. The molecule has 0 saturated heterocycles. The van der Waals surface area contributed by atoms with Gasteiger partial charge in [-0.3, -0.25) is 9.59 Å². The highest BCUT2D eigenvalue weighted by molar-refractivity contribution is 8.00. The van der Waals surface area contributed by atoms with Crippen LogP contribution in [0.4, 0.5) is 5.69 Å². The number of carbonyl (C=O) groups is 2. The molecule has 6 nitrogen and oxygen atoms in total. The van der Waals surface area contributed by atoms with E-state index in [1.807, 2.05) is 48.7 Å². The summed E-state index contributed by atoms with van der Waals surface area (Å²) in [5, 5.41) is 7.22. The van der Waals surface area contributed by atoms with Crippen LogP contribution in [0.3, 0.4) is 0 Å². The number of aromatic nitrogens is 3. The molecule has 142 valence electrons. The summed E-state index contributed by atoms with van der Waals surface area (Å²) in [6, 6.07) is 17.4. The molecule has 4 rings (SSSR count). The van der Waals surface area contributed by atoms with Crippen molar-refractivity contribution in [2.75, 3.05) is 11.6 Å². The van der Waals surface area contributed by atoms with Crippen molar-refractivity contribution >= 4 is 41.0 Å². The Labute approximate surface area is 171 Å². The van der Waals surface area contributed by atoms with Crippen molar-refractivity contribution in [3.8, 4) is 0 Å². The topological polar surface area (TPSA) is 76.9 Å². The van der Waals surface area contributed by atoms with Crippen LogP contribution in [0.25, 0.3) is 0 Å². The Morgan fingerprint density at radius 1 is 1.18 bits per heavy atom. The number of nitrogens with one attached hydrogen (secondary N) is 1. The molecule has 1 aromatic heterocycles. The molecule has 0 bridgehead atoms. The average Bonchev–Trinajstić information content (AvgIpc) is 3.22. The van der Waals surface area contributed by atoms with Crippen LogP contribution in [0, 0.1) is 0 Å². The molecule has 1 amide bonds. The second-order valence-corrected chi connectivity index (χ2v) is 8.36. The van der Waals surface area contributed by atoms with Crippen molar-refractivity contribution in [3.05, 3.63) is 66.0 Å². The molecule has 1 aliphatic rings. The zero-order chi connectivity index (χ0) is 19.5. The predicted octanol–water partition coefficient (Wildman–Crippen LogP) is 3.73. The summed E-state index contributed by atoms with van der Waals surface area (Å²) in [6.07, 6.45) is 2.70. The van der Waals surface area contributed by atoms with Crippen LogP contribution in [-0.2, 0) is 11.2 Å². The molecule has 2 aromatic carbocycles. The summed E-state index contributed by atoms with van der Waals surface area (Å²) < 4.78 is 1.33. The van der Waals surface area contributed by atoms with Gasteiger partial charge in [0.05, 0.1) is 0 Å². The molecule has 3 aromatic rings. The minimum atomic E-state index is -0.492. The second-order valence-electron chi connectivity index (χ2n) is 6.31. The number of nitrogens with zero attached hydrogens (tertiary/aromatic N) is 3. The molecule has 0 spiro atoms. The van der Waals surface area contributed by atoms with Gasteiger partial charge in [0.1, 0.15) is 5.25 Å². The van der Waals surface area contributed by atoms with E-state index in [9.17, 15) is 9.59 Å². The lowest BCUT2D eigenvalue weighted by Crippen LogP contribution is -2.25. The summed E-state index contributed by atoms with van der Waals surface area (Å²) in [6.45, 7) is 0. The Bertz CT molecular complexity index is 1000. The number of fused-ring (bicyclic) bond motifs is 1. The van der Waals surface area contributed by atoms with Crippen molar-refractivity contribution in [3.63, 3.8) is 0 Å². The molecule has 0 saturated carbocycles. The Kier molecular flexibility index (Phi) is 5.50. The highest BCUT2D eigenvalue weighted by atomic mass is 32.2. The third-order valence-corrected chi connectivity index (χ3v) is 6.17. The van der Waals surface area contributed by atoms with Crippen molar-refractivity contribution in [1.82, 2.24) is 14.8 Å². The maximum atomic E-state index is 12.6. The Morgan fingerprint density at radius 3 is 2.61 bits per heavy atom. The van der Waals surface area contributed by atoms with E-state index < -0.39 is 5.25 Å². The number of para-hydroxylation sites is 1. The first-order valence-electron chi connectivity index (χ1n) is 8.77. The monoisotopic (exact) mass is 410 g/mol. The third-order valence-electron chi connectivity index (χ3n) is 4.30. The number of carbonyl (C=O) groups excluding carboxylic acids is 2. The Balaban J connectivity index is 1.38. The summed E-state index contributed by atoms with van der Waals surface area (Å²) in [4.78, 5) is 30.5. The largest absolute Gasteiger partial charge is 0.326 e. The minimum absolute atomic E-state index is 0.0922. The Hall–Kier alpha value is -2.58. The van der Waals surface area contributed by atoms with E-state index >= 15 is 0 Å². The molecule has 8 heteroatoms. The molecule has 28 heavy (non-hydrogen) atoms. The lowest BCUT2D eigenvalue weighted by molar-refractivity contribution is -0.116. The lowest BCUT2D eigenvalue weighted by atomic mass is 10.1. The number of benzene rings is 2. The van der Waals surface area contributed by atoms with Crippen LogP contribution < -0.4 is 5.32 Å². The molecule has 1 atom stereocenters. The van der Waals surface area contributed by atoms with Gasteiger partial charge < -0.3 is 5.32 Å². The van der Waals surface area contributed by atoms with Crippen LogP contribution >= 0.6 is 23.5 Å². The quantitative estimate of drug-likeness (QED) is 0.624. The van der Waals surface area contributed by atoms with Crippen molar-refractivity contribution in [1.29, 1.82) is 0 Å². The smallest absolute Gasteiger partial charge is 0.263 e. The van der Waals surface area contributed by atoms with Crippen molar-refractivity contribution in [2.45, 2.75) is 28.1 Å². The van der Waals surface area contributed by atoms with E-state index in [4.69, 9.17) is 0 Å². The van der Waals surface area contributed by atoms with Gasteiger partial charge in [0.15, 0.2) is 11.0 Å². The van der Waals surface area contributed by atoms with Crippen molar-refractivity contribution in [2.24, 2.45) is 0 Å². The summed E-state index contributed by atoms with van der Waals surface area (Å²) >= 11 is 2.99. The standard InChI is InChI=1S/C20H18N4O2S2/c1-27-15-9-7-13(8-10-15)11-17-22-20-24(23-17)19(26)16(28-20)12-18(25)21-14-5-3-2-4-6-14/h2-10,16H,11-12H2,1H3,(H,21,25). The first-order chi connectivity index (χ1) is 13.6. The van der Waals surface area contributed by atoms with Crippen LogP contribution in [0.15, 0.2) is 64.6 Å². The van der Waals surface area contributed by atoms with Gasteiger partial charge in [0.2, 0.25) is 5.91 Å². The van der Waals surface area contributed by atoms with Crippen LogP contribution in [0.1, 0.15) is 22.6 Å². The van der Waals surface area contributed by atoms with E-state index in [-0.39, 0.29) is 18.2 Å². The van der Waals surface area contributed by atoms with E-state index in [0.29, 0.717) is 23.1 Å². The van der Waals surface area contributed by atoms with Gasteiger partial charge in [-0.25, -0.2) is 4.98 Å². The predicted molar refractivity (Wildman–Crippen MR) is 111 cm³/mol. The maximum absolute atomic E-state index is 12.6. The van der Waals surface area contributed by atoms with Crippen LogP contribution in [0.5, 0.6) is 0 Å². The molecule has 1 aliphatic heterocycles. The van der Waals surface area contributed by atoms with Gasteiger partial charge in [-0.15, -0.1) is 16.9 Å². The summed E-state index contributed by atoms with van der Waals surface area (Å²) in [5.41, 5.74) is 1.81. The first-order valence-corrected chi connectivity index (χ1v) is 10.9. The maximum Gasteiger partial charge on any atom is 0.263 e. The Morgan fingerprint density at radius 2 is 1.93 bits per heavy atom. The third kappa shape index (κ3) is 4.13. The minimum Gasteiger partial charge on any atom is -0.326 e. The molecule has 0 fully saturated rings. The second kappa shape index (κ2) is 8.20. The number of hydrogen-bond donors (Lipinski definition) is 1. The van der Waals surface area contributed by atoms with Gasteiger partial charge in [-0.2, -0.15) is 4.68 Å². The highest BCUT2D eigenvalue weighted by Crippen LogP contribution is 2.32. The summed E-state index contributed by atoms with van der Waals surface area (Å²) in [5.74, 6) is 0.219. The molecule has 0 radical (unpaired) electrons. The normalized spacial score (nSPS) is 15.5. The SMILES string of the molecule is CSc1ccc(Cc2nc3n(n2)C(=O)C(CC(=O)Nc2ccccc2)S3)cc1. The van der Waals surface area contributed by atoms with Gasteiger partial charge in [0, 0.05) is 23.4 Å². The first kappa shape index (κ1) is 18.8. The zero-order valence-corrected chi connectivity index (χ0v) is 16.8. The fraction of sp³-hybridized carbons (Fsp3) is 0.200. The van der Waals surface area contributed by atoms with E-state index in [1.165, 1.54) is 21.3 Å². The number of amides is 1. The lowest BCUT2D eigenvalue weighted by Gasteiger charge is -2.08. The molecular formula is C20H18N4O2S2. The number of hydrogen-bond acceptors (Lipinski definition) is 6. The number of rotatable bonds is 6. The highest BCUT2D eigenvalue weighted by Gasteiger charge is 2.36. The van der Waals surface area contributed by atoms with Gasteiger partial charge >= 0.3 is 0 Å². The molecule has 1 unspecified atom stereocenters. The summed E-state index contributed by atoms with van der Waals surface area (Å²) in [7, 11) is 0. The average molecular weight is 411 g/mol. The van der Waals surface area contributed by atoms with Gasteiger partial charge in [0.25, 0.3) is 5.91 Å². The fourth-order valence-electron chi connectivity index (χ4n) is 2.90.